The average Bonchev–Trinajstić information content (AvgIpc) is 2.32. The minimum atomic E-state index is 0.615. The quantitative estimate of drug-likeness (QED) is 0.815. The minimum Gasteiger partial charge on any atom is -0.495 e. The van der Waals surface area contributed by atoms with Crippen LogP contribution in [-0.2, 0) is 0 Å². The van der Waals surface area contributed by atoms with Gasteiger partial charge in [-0.15, -0.1) is 0 Å². The van der Waals surface area contributed by atoms with Crippen molar-refractivity contribution in [2.75, 3.05) is 18.2 Å². The second-order valence-corrected chi connectivity index (χ2v) is 4.03. The molecule has 0 amide bonds. The molecule has 3 N–H and O–H groups in total. The van der Waals surface area contributed by atoms with Crippen molar-refractivity contribution in [3.8, 4) is 5.75 Å². The summed E-state index contributed by atoms with van der Waals surface area (Å²) >= 11 is 5.91. The summed E-state index contributed by atoms with van der Waals surface area (Å²) in [5.41, 5.74) is 8.18. The van der Waals surface area contributed by atoms with E-state index in [9.17, 15) is 0 Å². The highest BCUT2D eigenvalue weighted by molar-refractivity contribution is 6.30. The summed E-state index contributed by atoms with van der Waals surface area (Å²) in [4.78, 5) is 0. The van der Waals surface area contributed by atoms with Crippen LogP contribution in [0.5, 0.6) is 5.75 Å². The van der Waals surface area contributed by atoms with Crippen LogP contribution in [0.15, 0.2) is 42.5 Å². The van der Waals surface area contributed by atoms with Crippen LogP contribution in [0.3, 0.4) is 0 Å². The molecule has 3 nitrogen and oxygen atoms in total. The summed E-state index contributed by atoms with van der Waals surface area (Å²) in [6.07, 6.45) is 0. The van der Waals surface area contributed by atoms with Crippen molar-refractivity contribution in [1.82, 2.24) is 0 Å². The summed E-state index contributed by atoms with van der Waals surface area (Å²) in [6, 6.07) is 13.0. The standard InChI is InChI=1S/C13H13ClN2O/c1-17-13-8-11(5-6-12(13)15)16-10-4-2-3-9(14)7-10/h2-8,16H,15H2,1H3. The minimum absolute atomic E-state index is 0.615. The van der Waals surface area contributed by atoms with Crippen molar-refractivity contribution in [3.05, 3.63) is 47.5 Å². The molecule has 0 unspecified atom stereocenters. The van der Waals surface area contributed by atoms with E-state index >= 15 is 0 Å². The number of halogens is 1. The summed E-state index contributed by atoms with van der Waals surface area (Å²) in [5.74, 6) is 0.650. The van der Waals surface area contributed by atoms with Gasteiger partial charge in [-0.25, -0.2) is 0 Å². The fraction of sp³-hybridized carbons (Fsp3) is 0.0769. The highest BCUT2D eigenvalue weighted by Crippen LogP contribution is 2.27. The highest BCUT2D eigenvalue weighted by Gasteiger charge is 2.01. The van der Waals surface area contributed by atoms with Crippen LogP contribution in [0.2, 0.25) is 5.02 Å². The Hall–Kier alpha value is -1.87. The molecule has 0 atom stereocenters. The number of rotatable bonds is 3. The van der Waals surface area contributed by atoms with Crippen molar-refractivity contribution in [2.24, 2.45) is 0 Å². The second-order valence-electron chi connectivity index (χ2n) is 3.59. The van der Waals surface area contributed by atoms with Crippen LogP contribution in [-0.4, -0.2) is 7.11 Å². The van der Waals surface area contributed by atoms with E-state index in [1.165, 1.54) is 0 Å². The molecule has 0 saturated carbocycles. The van der Waals surface area contributed by atoms with Crippen LogP contribution >= 0.6 is 11.6 Å². The van der Waals surface area contributed by atoms with E-state index in [4.69, 9.17) is 22.1 Å². The summed E-state index contributed by atoms with van der Waals surface area (Å²) in [6.45, 7) is 0. The van der Waals surface area contributed by atoms with Crippen molar-refractivity contribution < 1.29 is 4.74 Å². The topological polar surface area (TPSA) is 47.3 Å². The molecule has 88 valence electrons. The zero-order valence-corrected chi connectivity index (χ0v) is 10.2. The lowest BCUT2D eigenvalue weighted by Crippen LogP contribution is -1.95. The first-order chi connectivity index (χ1) is 8.19. The van der Waals surface area contributed by atoms with Crippen molar-refractivity contribution >= 4 is 28.7 Å². The Morgan fingerprint density at radius 3 is 2.59 bits per heavy atom. The molecule has 4 heteroatoms. The largest absolute Gasteiger partial charge is 0.495 e. The third kappa shape index (κ3) is 2.82. The van der Waals surface area contributed by atoms with Gasteiger partial charge in [-0.1, -0.05) is 17.7 Å². The van der Waals surface area contributed by atoms with E-state index in [0.29, 0.717) is 16.5 Å². The molecule has 0 heterocycles. The lowest BCUT2D eigenvalue weighted by atomic mass is 10.2. The molecule has 0 fully saturated rings. The maximum atomic E-state index is 5.91. The number of hydrogen-bond donors (Lipinski definition) is 2. The zero-order chi connectivity index (χ0) is 12.3. The smallest absolute Gasteiger partial charge is 0.143 e. The van der Waals surface area contributed by atoms with Crippen molar-refractivity contribution in [3.63, 3.8) is 0 Å². The Labute approximate surface area is 105 Å². The van der Waals surface area contributed by atoms with Gasteiger partial charge in [0.15, 0.2) is 0 Å². The molecule has 2 aromatic carbocycles. The molecule has 0 aliphatic heterocycles. The fourth-order valence-electron chi connectivity index (χ4n) is 1.52. The molecular weight excluding hydrogens is 236 g/mol. The lowest BCUT2D eigenvalue weighted by molar-refractivity contribution is 0.417. The molecule has 0 radical (unpaired) electrons. The van der Waals surface area contributed by atoms with Crippen molar-refractivity contribution in [1.29, 1.82) is 0 Å². The molecular formula is C13H13ClN2O. The van der Waals surface area contributed by atoms with Gasteiger partial charge in [0.05, 0.1) is 12.8 Å². The van der Waals surface area contributed by atoms with Gasteiger partial charge in [-0.2, -0.15) is 0 Å². The molecule has 0 saturated heterocycles. The van der Waals surface area contributed by atoms with Crippen LogP contribution in [0, 0.1) is 0 Å². The van der Waals surface area contributed by atoms with Crippen LogP contribution in [0.4, 0.5) is 17.1 Å². The van der Waals surface area contributed by atoms with Gasteiger partial charge >= 0.3 is 0 Å². The van der Waals surface area contributed by atoms with E-state index in [-0.39, 0.29) is 0 Å². The number of methoxy groups -OCH3 is 1. The molecule has 17 heavy (non-hydrogen) atoms. The third-order valence-corrected chi connectivity index (χ3v) is 2.58. The van der Waals surface area contributed by atoms with E-state index in [2.05, 4.69) is 5.32 Å². The molecule has 2 aromatic rings. The summed E-state index contributed by atoms with van der Waals surface area (Å²) in [5, 5.41) is 3.92. The SMILES string of the molecule is COc1cc(Nc2cccc(Cl)c2)ccc1N. The predicted octanol–water partition coefficient (Wildman–Crippen LogP) is 3.67. The van der Waals surface area contributed by atoms with Gasteiger partial charge in [-0.3, -0.25) is 0 Å². The molecule has 2 rings (SSSR count). The molecule has 0 aliphatic rings. The van der Waals surface area contributed by atoms with Gasteiger partial charge in [0, 0.05) is 22.5 Å². The van der Waals surface area contributed by atoms with Crippen LogP contribution in [0.25, 0.3) is 0 Å². The normalized spacial score (nSPS) is 10.0. The van der Waals surface area contributed by atoms with E-state index in [1.54, 1.807) is 13.2 Å². The maximum Gasteiger partial charge on any atom is 0.143 e. The number of hydrogen-bond acceptors (Lipinski definition) is 3. The van der Waals surface area contributed by atoms with Crippen LogP contribution in [0.1, 0.15) is 0 Å². The van der Waals surface area contributed by atoms with E-state index < -0.39 is 0 Å². The highest BCUT2D eigenvalue weighted by atomic mass is 35.5. The fourth-order valence-corrected chi connectivity index (χ4v) is 1.71. The second kappa shape index (κ2) is 4.97. The van der Waals surface area contributed by atoms with Crippen molar-refractivity contribution in [2.45, 2.75) is 0 Å². The third-order valence-electron chi connectivity index (χ3n) is 2.35. The maximum absolute atomic E-state index is 5.91. The first-order valence-electron chi connectivity index (χ1n) is 5.15. The molecule has 0 bridgehead atoms. The number of nitrogens with two attached hydrogens (primary N) is 1. The molecule has 0 aromatic heterocycles. The first-order valence-corrected chi connectivity index (χ1v) is 5.53. The van der Waals surface area contributed by atoms with Gasteiger partial charge in [0.25, 0.3) is 0 Å². The Bertz CT molecular complexity index is 529. The summed E-state index contributed by atoms with van der Waals surface area (Å²) < 4.78 is 5.16. The van der Waals surface area contributed by atoms with E-state index in [0.717, 1.165) is 11.4 Å². The Balaban J connectivity index is 2.24. The Morgan fingerprint density at radius 1 is 1.12 bits per heavy atom. The van der Waals surface area contributed by atoms with Gasteiger partial charge in [-0.05, 0) is 30.3 Å². The molecule has 0 aliphatic carbocycles. The van der Waals surface area contributed by atoms with Crippen LogP contribution < -0.4 is 15.8 Å². The number of ether oxygens (including phenoxy) is 1. The number of benzene rings is 2. The number of anilines is 3. The predicted molar refractivity (Wildman–Crippen MR) is 72.1 cm³/mol. The monoisotopic (exact) mass is 248 g/mol. The first kappa shape index (κ1) is 11.6. The summed E-state index contributed by atoms with van der Waals surface area (Å²) in [7, 11) is 1.59. The number of nitrogen functional groups attached to an aromatic ring is 1. The zero-order valence-electron chi connectivity index (χ0n) is 9.41. The average molecular weight is 249 g/mol. The molecule has 0 spiro atoms. The lowest BCUT2D eigenvalue weighted by Gasteiger charge is -2.10. The van der Waals surface area contributed by atoms with E-state index in [1.807, 2.05) is 36.4 Å². The number of nitrogens with one attached hydrogen (secondary N) is 1. The Morgan fingerprint density at radius 2 is 1.88 bits per heavy atom. The van der Waals surface area contributed by atoms with Gasteiger partial charge in [0.1, 0.15) is 5.75 Å². The van der Waals surface area contributed by atoms with Gasteiger partial charge < -0.3 is 15.8 Å². The van der Waals surface area contributed by atoms with Gasteiger partial charge in [0.2, 0.25) is 0 Å². The Kier molecular flexibility index (Phi) is 3.40.